The third-order valence-electron chi connectivity index (χ3n) is 5.91. The highest BCUT2D eigenvalue weighted by Crippen LogP contribution is 2.52. The summed E-state index contributed by atoms with van der Waals surface area (Å²) in [5.74, 6) is -0.735. The molecule has 2 aliphatic rings. The van der Waals surface area contributed by atoms with Crippen molar-refractivity contribution in [3.8, 4) is 5.69 Å². The molecular weight excluding hydrogens is 316 g/mol. The average molecular weight is 340 g/mol. The highest BCUT2D eigenvalue weighted by atomic mass is 16.4. The van der Waals surface area contributed by atoms with Gasteiger partial charge in [-0.15, -0.1) is 5.10 Å². The molecule has 1 N–H and O–H groups in total. The number of hydrogen-bond donors (Lipinski definition) is 1. The van der Waals surface area contributed by atoms with Crippen molar-refractivity contribution in [3.63, 3.8) is 0 Å². The molecular formula is C19H24N4O2. The van der Waals surface area contributed by atoms with Gasteiger partial charge in [0.15, 0.2) is 0 Å². The fourth-order valence-electron chi connectivity index (χ4n) is 4.29. The Morgan fingerprint density at radius 3 is 2.68 bits per heavy atom. The van der Waals surface area contributed by atoms with Crippen LogP contribution in [0.15, 0.2) is 30.5 Å². The summed E-state index contributed by atoms with van der Waals surface area (Å²) in [6.45, 7) is 4.92. The Balaban J connectivity index is 1.34. The largest absolute Gasteiger partial charge is 0.481 e. The molecule has 2 fully saturated rings. The van der Waals surface area contributed by atoms with Gasteiger partial charge in [0.2, 0.25) is 0 Å². The summed E-state index contributed by atoms with van der Waals surface area (Å²) in [4.78, 5) is 13.4. The zero-order valence-corrected chi connectivity index (χ0v) is 14.6. The summed E-state index contributed by atoms with van der Waals surface area (Å²) < 4.78 is 1.85. The maximum atomic E-state index is 11.0. The number of carbonyl (C=O) groups is 1. The molecule has 2 aromatic rings. The van der Waals surface area contributed by atoms with Crippen LogP contribution in [0.4, 0.5) is 0 Å². The predicted octanol–water partition coefficient (Wildman–Crippen LogP) is 2.65. The van der Waals surface area contributed by atoms with Crippen molar-refractivity contribution in [2.24, 2.45) is 11.3 Å². The SMILES string of the molecule is Cc1ccccc1-n1cc(CN2CCC3(CC2)CC(C(=O)O)C3)nn1. The molecule has 0 radical (unpaired) electrons. The Labute approximate surface area is 147 Å². The van der Waals surface area contributed by atoms with Crippen LogP contribution in [0, 0.1) is 18.3 Å². The number of aliphatic carboxylic acids is 1. The molecule has 2 heterocycles. The molecule has 1 aliphatic heterocycles. The van der Waals surface area contributed by atoms with Gasteiger partial charge in [-0.25, -0.2) is 4.68 Å². The predicted molar refractivity (Wildman–Crippen MR) is 93.4 cm³/mol. The number of hydrogen-bond acceptors (Lipinski definition) is 4. The zero-order valence-electron chi connectivity index (χ0n) is 14.6. The van der Waals surface area contributed by atoms with Gasteiger partial charge in [-0.3, -0.25) is 9.69 Å². The summed E-state index contributed by atoms with van der Waals surface area (Å²) in [7, 11) is 0. The molecule has 0 unspecified atom stereocenters. The van der Waals surface area contributed by atoms with Crippen LogP contribution in [0.1, 0.15) is 36.9 Å². The summed E-state index contributed by atoms with van der Waals surface area (Å²) in [6.07, 6.45) is 5.93. The van der Waals surface area contributed by atoms with Crippen molar-refractivity contribution in [2.45, 2.75) is 39.2 Å². The molecule has 1 aromatic carbocycles. The van der Waals surface area contributed by atoms with E-state index in [1.807, 2.05) is 29.1 Å². The van der Waals surface area contributed by atoms with Crippen molar-refractivity contribution < 1.29 is 9.90 Å². The molecule has 0 amide bonds. The van der Waals surface area contributed by atoms with Gasteiger partial charge in [0.1, 0.15) is 0 Å². The number of carboxylic acids is 1. The summed E-state index contributed by atoms with van der Waals surface area (Å²) in [5, 5.41) is 17.7. The minimum atomic E-state index is -0.624. The van der Waals surface area contributed by atoms with Crippen molar-refractivity contribution in [2.75, 3.05) is 13.1 Å². The third-order valence-corrected chi connectivity index (χ3v) is 5.91. The first-order valence-corrected chi connectivity index (χ1v) is 8.97. The molecule has 1 saturated carbocycles. The van der Waals surface area contributed by atoms with Gasteiger partial charge in [-0.05, 0) is 62.7 Å². The molecule has 1 saturated heterocycles. The van der Waals surface area contributed by atoms with Gasteiger partial charge in [-0.2, -0.15) is 0 Å². The van der Waals surface area contributed by atoms with Crippen molar-refractivity contribution >= 4 is 5.97 Å². The van der Waals surface area contributed by atoms with Crippen LogP contribution in [0.5, 0.6) is 0 Å². The molecule has 1 spiro atoms. The van der Waals surface area contributed by atoms with E-state index in [0.717, 1.165) is 56.7 Å². The number of benzene rings is 1. The van der Waals surface area contributed by atoms with E-state index >= 15 is 0 Å². The van der Waals surface area contributed by atoms with Crippen LogP contribution >= 0.6 is 0 Å². The van der Waals surface area contributed by atoms with Gasteiger partial charge in [-0.1, -0.05) is 23.4 Å². The molecule has 132 valence electrons. The monoisotopic (exact) mass is 340 g/mol. The van der Waals surface area contributed by atoms with E-state index in [1.54, 1.807) is 0 Å². The second kappa shape index (κ2) is 6.26. The maximum Gasteiger partial charge on any atom is 0.306 e. The first kappa shape index (κ1) is 16.3. The standard InChI is InChI=1S/C19H24N4O2/c1-14-4-2-3-5-17(14)23-13-16(20-21-23)12-22-8-6-19(7-9-22)10-15(11-19)18(24)25/h2-5,13,15H,6-12H2,1H3,(H,24,25). The van der Waals surface area contributed by atoms with Crippen molar-refractivity contribution in [1.82, 2.24) is 19.9 Å². The van der Waals surface area contributed by atoms with E-state index in [-0.39, 0.29) is 11.3 Å². The second-order valence-corrected chi connectivity index (χ2v) is 7.66. The molecule has 6 heteroatoms. The zero-order chi connectivity index (χ0) is 17.4. The minimum absolute atomic E-state index is 0.111. The lowest BCUT2D eigenvalue weighted by molar-refractivity contribution is -0.152. The summed E-state index contributed by atoms with van der Waals surface area (Å²) in [6, 6.07) is 8.16. The highest BCUT2D eigenvalue weighted by molar-refractivity contribution is 5.71. The molecule has 25 heavy (non-hydrogen) atoms. The minimum Gasteiger partial charge on any atom is -0.481 e. The third kappa shape index (κ3) is 3.18. The number of carboxylic acid groups (broad SMARTS) is 1. The molecule has 0 atom stereocenters. The molecule has 1 aliphatic carbocycles. The average Bonchev–Trinajstić information content (AvgIpc) is 3.02. The van der Waals surface area contributed by atoms with Crippen LogP contribution in [0.2, 0.25) is 0 Å². The molecule has 4 rings (SSSR count). The summed E-state index contributed by atoms with van der Waals surface area (Å²) in [5.41, 5.74) is 3.51. The second-order valence-electron chi connectivity index (χ2n) is 7.66. The number of likely N-dealkylation sites (tertiary alicyclic amines) is 1. The van der Waals surface area contributed by atoms with E-state index in [4.69, 9.17) is 5.11 Å². The Kier molecular flexibility index (Phi) is 4.07. The molecule has 0 bridgehead atoms. The summed E-state index contributed by atoms with van der Waals surface area (Å²) >= 11 is 0. The Morgan fingerprint density at radius 2 is 2.00 bits per heavy atom. The van der Waals surface area contributed by atoms with E-state index in [1.165, 1.54) is 5.56 Å². The number of rotatable bonds is 4. The number of para-hydroxylation sites is 1. The number of piperidine rings is 1. The normalized spacial score (nSPS) is 20.5. The number of nitrogens with zero attached hydrogens (tertiary/aromatic N) is 4. The number of aromatic nitrogens is 3. The van der Waals surface area contributed by atoms with E-state index in [9.17, 15) is 4.79 Å². The lowest BCUT2D eigenvalue weighted by Gasteiger charge is -2.50. The van der Waals surface area contributed by atoms with Gasteiger partial charge >= 0.3 is 5.97 Å². The van der Waals surface area contributed by atoms with Crippen molar-refractivity contribution in [3.05, 3.63) is 41.7 Å². The Hall–Kier alpha value is -2.21. The van der Waals surface area contributed by atoms with E-state index in [2.05, 4.69) is 28.2 Å². The van der Waals surface area contributed by atoms with Crippen LogP contribution in [0.3, 0.4) is 0 Å². The topological polar surface area (TPSA) is 71.2 Å². The van der Waals surface area contributed by atoms with Crippen LogP contribution < -0.4 is 0 Å². The van der Waals surface area contributed by atoms with Crippen LogP contribution in [-0.4, -0.2) is 44.1 Å². The Bertz CT molecular complexity index is 769. The van der Waals surface area contributed by atoms with E-state index in [0.29, 0.717) is 0 Å². The van der Waals surface area contributed by atoms with Crippen LogP contribution in [0.25, 0.3) is 5.69 Å². The maximum absolute atomic E-state index is 11.0. The van der Waals surface area contributed by atoms with Crippen LogP contribution in [-0.2, 0) is 11.3 Å². The lowest BCUT2D eigenvalue weighted by atomic mass is 9.57. The first-order valence-electron chi connectivity index (χ1n) is 8.97. The smallest absolute Gasteiger partial charge is 0.306 e. The first-order chi connectivity index (χ1) is 12.0. The van der Waals surface area contributed by atoms with Crippen molar-refractivity contribution in [1.29, 1.82) is 0 Å². The Morgan fingerprint density at radius 1 is 1.28 bits per heavy atom. The molecule has 6 nitrogen and oxygen atoms in total. The van der Waals surface area contributed by atoms with E-state index < -0.39 is 5.97 Å². The highest BCUT2D eigenvalue weighted by Gasteiger charge is 2.48. The van der Waals surface area contributed by atoms with Gasteiger partial charge in [0.25, 0.3) is 0 Å². The van der Waals surface area contributed by atoms with Gasteiger partial charge in [0, 0.05) is 6.54 Å². The fourth-order valence-corrected chi connectivity index (χ4v) is 4.29. The quantitative estimate of drug-likeness (QED) is 0.926. The van der Waals surface area contributed by atoms with Gasteiger partial charge in [0.05, 0.1) is 23.5 Å². The fraction of sp³-hybridized carbons (Fsp3) is 0.526. The number of aryl methyl sites for hydroxylation is 1. The lowest BCUT2D eigenvalue weighted by Crippen LogP contribution is -2.48. The van der Waals surface area contributed by atoms with Gasteiger partial charge < -0.3 is 5.11 Å². The molecule has 1 aromatic heterocycles.